The van der Waals surface area contributed by atoms with Crippen molar-refractivity contribution in [1.29, 1.82) is 0 Å². The van der Waals surface area contributed by atoms with E-state index in [1.807, 2.05) is 50.2 Å². The number of aromatic nitrogens is 3. The fraction of sp³-hybridized carbons (Fsp3) is 0.143. The molecule has 0 aliphatic rings. The molecule has 4 nitrogen and oxygen atoms in total. The van der Waals surface area contributed by atoms with Crippen LogP contribution in [0.15, 0.2) is 36.4 Å². The van der Waals surface area contributed by atoms with E-state index in [9.17, 15) is 0 Å². The molecule has 2 N–H and O–H groups in total. The van der Waals surface area contributed by atoms with E-state index in [1.54, 1.807) is 4.80 Å². The van der Waals surface area contributed by atoms with Crippen LogP contribution < -0.4 is 5.73 Å². The Morgan fingerprint density at radius 3 is 1.94 bits per heavy atom. The zero-order valence-corrected chi connectivity index (χ0v) is 10.4. The predicted molar refractivity (Wildman–Crippen MR) is 72.8 cm³/mol. The van der Waals surface area contributed by atoms with Gasteiger partial charge in [0.25, 0.3) is 0 Å². The normalized spacial score (nSPS) is 11.0. The third-order valence-electron chi connectivity index (χ3n) is 3.10. The van der Waals surface area contributed by atoms with Crippen molar-refractivity contribution in [2.75, 3.05) is 5.73 Å². The zero-order valence-electron chi connectivity index (χ0n) is 10.4. The number of fused-ring (bicyclic) bond motifs is 1. The van der Waals surface area contributed by atoms with Gasteiger partial charge in [-0.2, -0.15) is 4.80 Å². The number of aryl methyl sites for hydroxylation is 2. The average molecular weight is 238 g/mol. The lowest BCUT2D eigenvalue weighted by Crippen LogP contribution is -2.02. The molecule has 2 aromatic carbocycles. The largest absolute Gasteiger partial charge is 0.398 e. The van der Waals surface area contributed by atoms with Crippen molar-refractivity contribution < 1.29 is 0 Å². The maximum absolute atomic E-state index is 5.95. The first kappa shape index (κ1) is 10.8. The van der Waals surface area contributed by atoms with Gasteiger partial charge >= 0.3 is 0 Å². The first-order valence-electron chi connectivity index (χ1n) is 5.84. The molecule has 0 fully saturated rings. The molecule has 0 aliphatic carbocycles. The van der Waals surface area contributed by atoms with E-state index in [2.05, 4.69) is 10.2 Å². The molecule has 0 radical (unpaired) electrons. The monoisotopic (exact) mass is 238 g/mol. The van der Waals surface area contributed by atoms with Crippen LogP contribution in [-0.2, 0) is 0 Å². The second kappa shape index (κ2) is 3.84. The number of nitrogens with zero attached hydrogens (tertiary/aromatic N) is 3. The highest BCUT2D eigenvalue weighted by molar-refractivity contribution is 5.73. The second-order valence-corrected chi connectivity index (χ2v) is 4.47. The van der Waals surface area contributed by atoms with Crippen LogP contribution in [0.5, 0.6) is 0 Å². The molecule has 18 heavy (non-hydrogen) atoms. The Bertz CT molecular complexity index is 671. The van der Waals surface area contributed by atoms with Crippen molar-refractivity contribution in [3.05, 3.63) is 47.5 Å². The van der Waals surface area contributed by atoms with Gasteiger partial charge in [0.05, 0.1) is 5.69 Å². The Balaban J connectivity index is 2.20. The minimum absolute atomic E-state index is 0.829. The van der Waals surface area contributed by atoms with Crippen molar-refractivity contribution in [3.8, 4) is 5.69 Å². The number of benzene rings is 2. The molecule has 0 spiro atoms. The highest BCUT2D eigenvalue weighted by atomic mass is 15.5. The van der Waals surface area contributed by atoms with E-state index >= 15 is 0 Å². The molecule has 0 unspecified atom stereocenters. The van der Waals surface area contributed by atoms with E-state index in [1.165, 1.54) is 0 Å². The van der Waals surface area contributed by atoms with E-state index < -0.39 is 0 Å². The Labute approximate surface area is 105 Å². The van der Waals surface area contributed by atoms with Gasteiger partial charge in [0.1, 0.15) is 11.0 Å². The van der Waals surface area contributed by atoms with Crippen molar-refractivity contribution in [3.63, 3.8) is 0 Å². The highest BCUT2D eigenvalue weighted by Gasteiger charge is 2.07. The topological polar surface area (TPSA) is 56.7 Å². The molecule has 0 amide bonds. The van der Waals surface area contributed by atoms with Gasteiger partial charge in [0.15, 0.2) is 0 Å². The van der Waals surface area contributed by atoms with Gasteiger partial charge in [-0.05, 0) is 49.2 Å². The molecular formula is C14H14N4. The first-order valence-corrected chi connectivity index (χ1v) is 5.84. The summed E-state index contributed by atoms with van der Waals surface area (Å²) in [6.45, 7) is 3.99. The van der Waals surface area contributed by atoms with Crippen LogP contribution in [0.3, 0.4) is 0 Å². The summed E-state index contributed by atoms with van der Waals surface area (Å²) in [7, 11) is 0. The molecule has 4 heteroatoms. The van der Waals surface area contributed by atoms with Crippen LogP contribution in [0.1, 0.15) is 11.1 Å². The molecule has 0 saturated carbocycles. The summed E-state index contributed by atoms with van der Waals surface area (Å²) in [6.07, 6.45) is 0. The fourth-order valence-corrected chi connectivity index (χ4v) is 2.04. The van der Waals surface area contributed by atoms with Gasteiger partial charge in [-0.3, -0.25) is 0 Å². The van der Waals surface area contributed by atoms with Crippen LogP contribution in [-0.4, -0.2) is 15.0 Å². The molecular weight excluding hydrogens is 224 g/mol. The molecule has 0 atom stereocenters. The maximum Gasteiger partial charge on any atom is 0.113 e. The van der Waals surface area contributed by atoms with E-state index in [0.717, 1.165) is 33.5 Å². The van der Waals surface area contributed by atoms with Crippen LogP contribution in [0.25, 0.3) is 16.7 Å². The van der Waals surface area contributed by atoms with Crippen LogP contribution in [0.2, 0.25) is 0 Å². The summed E-state index contributed by atoms with van der Waals surface area (Å²) in [5.74, 6) is 0. The first-order chi connectivity index (χ1) is 8.65. The van der Waals surface area contributed by atoms with Gasteiger partial charge in [-0.25, -0.2) is 0 Å². The molecule has 0 aliphatic heterocycles. The minimum Gasteiger partial charge on any atom is -0.398 e. The van der Waals surface area contributed by atoms with E-state index in [4.69, 9.17) is 5.73 Å². The van der Waals surface area contributed by atoms with Gasteiger partial charge in [-0.15, -0.1) is 10.2 Å². The molecule has 0 bridgehead atoms. The number of rotatable bonds is 1. The number of anilines is 1. The fourth-order valence-electron chi connectivity index (χ4n) is 2.04. The van der Waals surface area contributed by atoms with Crippen molar-refractivity contribution in [2.45, 2.75) is 13.8 Å². The smallest absolute Gasteiger partial charge is 0.113 e. The lowest BCUT2D eigenvalue weighted by atomic mass is 10.1. The summed E-state index contributed by atoms with van der Waals surface area (Å²) >= 11 is 0. The Morgan fingerprint density at radius 2 is 1.44 bits per heavy atom. The Hall–Kier alpha value is -2.36. The van der Waals surface area contributed by atoms with Crippen LogP contribution in [0, 0.1) is 13.8 Å². The quantitative estimate of drug-likeness (QED) is 0.663. The molecule has 1 heterocycles. The summed E-state index contributed by atoms with van der Waals surface area (Å²) in [4.78, 5) is 1.66. The van der Waals surface area contributed by atoms with Crippen LogP contribution in [0.4, 0.5) is 5.69 Å². The molecule has 3 rings (SSSR count). The second-order valence-electron chi connectivity index (χ2n) is 4.47. The third kappa shape index (κ3) is 1.62. The minimum atomic E-state index is 0.829. The average Bonchev–Trinajstić information content (AvgIpc) is 2.79. The number of nitrogen functional groups attached to an aromatic ring is 1. The van der Waals surface area contributed by atoms with Crippen molar-refractivity contribution in [1.82, 2.24) is 15.0 Å². The highest BCUT2D eigenvalue weighted by Crippen LogP contribution is 2.21. The zero-order chi connectivity index (χ0) is 12.7. The summed E-state index contributed by atoms with van der Waals surface area (Å²) in [5.41, 5.74) is 11.6. The molecule has 90 valence electrons. The van der Waals surface area contributed by atoms with Crippen LogP contribution >= 0.6 is 0 Å². The number of hydrogen-bond donors (Lipinski definition) is 1. The maximum atomic E-state index is 5.95. The lowest BCUT2D eigenvalue weighted by molar-refractivity contribution is 0.764. The van der Waals surface area contributed by atoms with Gasteiger partial charge in [0, 0.05) is 5.69 Å². The predicted octanol–water partition coefficient (Wildman–Crippen LogP) is 2.62. The lowest BCUT2D eigenvalue weighted by Gasteiger charge is -2.07. The van der Waals surface area contributed by atoms with Gasteiger partial charge in [-0.1, -0.05) is 12.1 Å². The molecule has 3 aromatic rings. The SMILES string of the molecule is Cc1cc(-n2nc3ccccc3n2)cc(C)c1N. The number of nitrogens with two attached hydrogens (primary N) is 1. The Kier molecular flexibility index (Phi) is 2.30. The van der Waals surface area contributed by atoms with E-state index in [-0.39, 0.29) is 0 Å². The van der Waals surface area contributed by atoms with Gasteiger partial charge in [0.2, 0.25) is 0 Å². The summed E-state index contributed by atoms with van der Waals surface area (Å²) in [5, 5.41) is 8.92. The Morgan fingerprint density at radius 1 is 0.944 bits per heavy atom. The number of hydrogen-bond acceptors (Lipinski definition) is 3. The van der Waals surface area contributed by atoms with E-state index in [0.29, 0.717) is 0 Å². The van der Waals surface area contributed by atoms with Crippen molar-refractivity contribution in [2.24, 2.45) is 0 Å². The third-order valence-corrected chi connectivity index (χ3v) is 3.10. The molecule has 1 aromatic heterocycles. The van der Waals surface area contributed by atoms with Crippen molar-refractivity contribution >= 4 is 16.7 Å². The molecule has 0 saturated heterocycles. The summed E-state index contributed by atoms with van der Waals surface area (Å²) < 4.78 is 0. The summed E-state index contributed by atoms with van der Waals surface area (Å²) in [6, 6.07) is 11.8. The van der Waals surface area contributed by atoms with Gasteiger partial charge < -0.3 is 5.73 Å². The standard InChI is InChI=1S/C14H14N4/c1-9-7-11(8-10(2)14(9)15)18-16-12-5-3-4-6-13(12)17-18/h3-8H,15H2,1-2H3.